The van der Waals surface area contributed by atoms with Crippen LogP contribution in [-0.4, -0.2) is 21.8 Å². The number of benzene rings is 3. The minimum Gasteiger partial charge on any atom is -0.507 e. The molecule has 32 heavy (non-hydrogen) atoms. The van der Waals surface area contributed by atoms with Crippen LogP contribution in [0.2, 0.25) is 0 Å². The molecule has 0 unspecified atom stereocenters. The number of nitrogens with zero attached hydrogens (tertiary/aromatic N) is 2. The van der Waals surface area contributed by atoms with Crippen LogP contribution in [0.1, 0.15) is 17.2 Å². The third-order valence-corrected chi connectivity index (χ3v) is 6.25. The summed E-state index contributed by atoms with van der Waals surface area (Å²) in [5.74, 6) is -3.42. The molecule has 3 aromatic carbocycles. The monoisotopic (exact) mass is 448 g/mol. The van der Waals surface area contributed by atoms with Crippen LogP contribution in [0.15, 0.2) is 78.4 Å². The number of aromatic nitrogens is 1. The van der Waals surface area contributed by atoms with Crippen molar-refractivity contribution in [2.24, 2.45) is 0 Å². The van der Waals surface area contributed by atoms with Gasteiger partial charge in [-0.05, 0) is 24.3 Å². The van der Waals surface area contributed by atoms with Crippen molar-refractivity contribution in [3.63, 3.8) is 0 Å². The van der Waals surface area contributed by atoms with Crippen LogP contribution in [0.5, 0.6) is 0 Å². The maximum absolute atomic E-state index is 14.9. The summed E-state index contributed by atoms with van der Waals surface area (Å²) in [5.41, 5.74) is 0.549. The van der Waals surface area contributed by atoms with Gasteiger partial charge in [-0.1, -0.05) is 59.9 Å². The molecule has 0 spiro atoms. The number of ketones is 1. The SMILES string of the molecule is O=C1C(=O)N(c2nc3ccc(F)cc3s2)[C@H](c2ccccc2F)/C1=C(\O)c1ccccc1. The predicted molar refractivity (Wildman–Crippen MR) is 117 cm³/mol. The minimum atomic E-state index is -1.23. The lowest BCUT2D eigenvalue weighted by Crippen LogP contribution is -2.29. The van der Waals surface area contributed by atoms with E-state index in [2.05, 4.69) is 4.98 Å². The molecule has 0 aliphatic carbocycles. The Morgan fingerprint density at radius 1 is 0.969 bits per heavy atom. The van der Waals surface area contributed by atoms with Gasteiger partial charge in [0.1, 0.15) is 23.4 Å². The molecule has 1 aromatic heterocycles. The Balaban J connectivity index is 1.76. The molecule has 0 saturated carbocycles. The summed E-state index contributed by atoms with van der Waals surface area (Å²) in [5, 5.41) is 11.1. The summed E-state index contributed by atoms with van der Waals surface area (Å²) in [7, 11) is 0. The van der Waals surface area contributed by atoms with Gasteiger partial charge in [0.15, 0.2) is 5.13 Å². The molecule has 1 fully saturated rings. The van der Waals surface area contributed by atoms with Crippen LogP contribution in [-0.2, 0) is 9.59 Å². The van der Waals surface area contributed by atoms with Gasteiger partial charge in [-0.15, -0.1) is 0 Å². The van der Waals surface area contributed by atoms with Gasteiger partial charge in [-0.2, -0.15) is 0 Å². The summed E-state index contributed by atoms with van der Waals surface area (Å²) in [6.07, 6.45) is 0. The lowest BCUT2D eigenvalue weighted by Gasteiger charge is -2.23. The molecular weight excluding hydrogens is 434 g/mol. The minimum absolute atomic E-state index is 0.0367. The molecule has 1 aliphatic heterocycles. The third-order valence-electron chi connectivity index (χ3n) is 5.24. The zero-order valence-corrected chi connectivity index (χ0v) is 17.1. The van der Waals surface area contributed by atoms with Crippen molar-refractivity contribution >= 4 is 44.1 Å². The molecule has 1 aliphatic rings. The Kier molecular flexibility index (Phi) is 4.79. The van der Waals surface area contributed by atoms with Gasteiger partial charge >= 0.3 is 5.91 Å². The maximum atomic E-state index is 14.9. The van der Waals surface area contributed by atoms with Crippen molar-refractivity contribution in [2.45, 2.75) is 6.04 Å². The quantitative estimate of drug-likeness (QED) is 0.266. The molecule has 1 atom stereocenters. The first-order chi connectivity index (χ1) is 15.5. The Bertz CT molecular complexity index is 1420. The fourth-order valence-electron chi connectivity index (χ4n) is 3.76. The number of thiazole rings is 1. The van der Waals surface area contributed by atoms with E-state index in [1.165, 1.54) is 36.4 Å². The normalized spacial score (nSPS) is 17.9. The van der Waals surface area contributed by atoms with Gasteiger partial charge in [0.2, 0.25) is 0 Å². The first-order valence-corrected chi connectivity index (χ1v) is 10.4. The van der Waals surface area contributed by atoms with E-state index in [9.17, 15) is 23.5 Å². The van der Waals surface area contributed by atoms with Crippen LogP contribution < -0.4 is 4.90 Å². The average molecular weight is 448 g/mol. The zero-order chi connectivity index (χ0) is 22.4. The second-order valence-electron chi connectivity index (χ2n) is 7.17. The van der Waals surface area contributed by atoms with Crippen LogP contribution in [0.3, 0.4) is 0 Å². The van der Waals surface area contributed by atoms with E-state index < -0.39 is 35.1 Å². The van der Waals surface area contributed by atoms with E-state index in [4.69, 9.17) is 0 Å². The molecule has 1 amide bonds. The molecule has 2 heterocycles. The van der Waals surface area contributed by atoms with Crippen LogP contribution in [0.25, 0.3) is 16.0 Å². The molecular formula is C24H14F2N2O3S. The maximum Gasteiger partial charge on any atom is 0.301 e. The second-order valence-corrected chi connectivity index (χ2v) is 8.17. The van der Waals surface area contributed by atoms with Crippen molar-refractivity contribution in [1.29, 1.82) is 0 Å². The van der Waals surface area contributed by atoms with E-state index in [-0.39, 0.29) is 16.3 Å². The first kappa shape index (κ1) is 20.0. The summed E-state index contributed by atoms with van der Waals surface area (Å²) >= 11 is 1.00. The standard InChI is InChI=1S/C24H14F2N2O3S/c25-14-10-11-17-18(12-14)32-24(27-17)28-20(15-8-4-5-9-16(15)26)19(22(30)23(28)31)21(29)13-6-2-1-3-7-13/h1-12,20,29H/b21-19+/t20-/m1/s1. The number of hydrogen-bond donors (Lipinski definition) is 1. The van der Waals surface area contributed by atoms with Crippen LogP contribution in [0, 0.1) is 11.6 Å². The van der Waals surface area contributed by atoms with E-state index in [1.54, 1.807) is 36.4 Å². The number of amides is 1. The van der Waals surface area contributed by atoms with Crippen molar-refractivity contribution in [3.8, 4) is 0 Å². The highest BCUT2D eigenvalue weighted by Crippen LogP contribution is 2.44. The number of carbonyl (C=O) groups excluding carboxylic acids is 2. The van der Waals surface area contributed by atoms with Crippen molar-refractivity contribution in [2.75, 3.05) is 4.90 Å². The van der Waals surface area contributed by atoms with Gasteiger partial charge in [0.05, 0.1) is 15.8 Å². The highest BCUT2D eigenvalue weighted by molar-refractivity contribution is 7.22. The Hall–Kier alpha value is -3.91. The molecule has 0 bridgehead atoms. The third kappa shape index (κ3) is 3.16. The summed E-state index contributed by atoms with van der Waals surface area (Å²) in [6.45, 7) is 0. The molecule has 0 radical (unpaired) electrons. The summed E-state index contributed by atoms with van der Waals surface area (Å²) in [6, 6.07) is 16.7. The molecule has 5 nitrogen and oxygen atoms in total. The topological polar surface area (TPSA) is 70.5 Å². The smallest absolute Gasteiger partial charge is 0.301 e. The first-order valence-electron chi connectivity index (χ1n) is 9.62. The van der Waals surface area contributed by atoms with Gasteiger partial charge in [0, 0.05) is 11.1 Å². The van der Waals surface area contributed by atoms with Crippen LogP contribution in [0.4, 0.5) is 13.9 Å². The molecule has 4 aromatic rings. The average Bonchev–Trinajstić information content (AvgIpc) is 3.32. The largest absolute Gasteiger partial charge is 0.507 e. The number of hydrogen-bond acceptors (Lipinski definition) is 5. The highest BCUT2D eigenvalue weighted by atomic mass is 32.1. The van der Waals surface area contributed by atoms with Gasteiger partial charge < -0.3 is 5.11 Å². The number of aliphatic hydroxyl groups excluding tert-OH is 1. The van der Waals surface area contributed by atoms with Crippen molar-refractivity contribution < 1.29 is 23.5 Å². The van der Waals surface area contributed by atoms with Gasteiger partial charge in [-0.3, -0.25) is 14.5 Å². The van der Waals surface area contributed by atoms with Gasteiger partial charge in [-0.25, -0.2) is 13.8 Å². The number of anilines is 1. The van der Waals surface area contributed by atoms with Crippen molar-refractivity contribution in [1.82, 2.24) is 4.98 Å². The number of Topliss-reactive ketones (excluding diaryl/α,β-unsaturated/α-hetero) is 1. The number of fused-ring (bicyclic) bond motifs is 1. The van der Waals surface area contributed by atoms with E-state index >= 15 is 0 Å². The lowest BCUT2D eigenvalue weighted by atomic mass is 9.95. The van der Waals surface area contributed by atoms with Gasteiger partial charge in [0.25, 0.3) is 5.78 Å². The molecule has 158 valence electrons. The van der Waals surface area contributed by atoms with Crippen molar-refractivity contribution in [3.05, 3.63) is 101 Å². The van der Waals surface area contributed by atoms with E-state index in [0.29, 0.717) is 15.8 Å². The molecule has 8 heteroatoms. The summed E-state index contributed by atoms with van der Waals surface area (Å²) < 4.78 is 29.0. The predicted octanol–water partition coefficient (Wildman–Crippen LogP) is 5.20. The van der Waals surface area contributed by atoms with E-state index in [0.717, 1.165) is 16.2 Å². The molecule has 5 rings (SSSR count). The number of aliphatic hydroxyl groups is 1. The summed E-state index contributed by atoms with van der Waals surface area (Å²) in [4.78, 5) is 31.6. The number of carbonyl (C=O) groups is 2. The second kappa shape index (κ2) is 7.65. The molecule has 1 saturated heterocycles. The number of rotatable bonds is 3. The lowest BCUT2D eigenvalue weighted by molar-refractivity contribution is -0.132. The zero-order valence-electron chi connectivity index (χ0n) is 16.3. The molecule has 1 N–H and O–H groups in total. The van der Waals surface area contributed by atoms with E-state index in [1.807, 2.05) is 0 Å². The van der Waals surface area contributed by atoms with Crippen LogP contribution >= 0.6 is 11.3 Å². The number of halogens is 2. The highest BCUT2D eigenvalue weighted by Gasteiger charge is 2.49. The Morgan fingerprint density at radius 3 is 2.44 bits per heavy atom. The fourth-order valence-corrected chi connectivity index (χ4v) is 4.78. The Labute approximate surface area is 184 Å². The Morgan fingerprint density at radius 2 is 1.69 bits per heavy atom. The fraction of sp³-hybridized carbons (Fsp3) is 0.0417.